The summed E-state index contributed by atoms with van der Waals surface area (Å²) in [6.07, 6.45) is 4.64. The molecule has 3 unspecified atom stereocenters. The summed E-state index contributed by atoms with van der Waals surface area (Å²) in [6.45, 7) is 0.280. The minimum atomic E-state index is -0.430. The highest BCUT2D eigenvalue weighted by Crippen LogP contribution is 2.47. The third-order valence-electron chi connectivity index (χ3n) is 5.85. The lowest BCUT2D eigenvalue weighted by Gasteiger charge is -2.39. The Balaban J connectivity index is 1.48. The molecule has 3 fully saturated rings. The average Bonchev–Trinajstić information content (AvgIpc) is 3.17. The Kier molecular flexibility index (Phi) is 4.28. The number of carbonyl (C=O) groups excluding carboxylic acids is 3. The third kappa shape index (κ3) is 3.06. The van der Waals surface area contributed by atoms with Crippen molar-refractivity contribution in [1.82, 2.24) is 9.80 Å². The fourth-order valence-electron chi connectivity index (χ4n) is 4.66. The Bertz CT molecular complexity index is 735. The van der Waals surface area contributed by atoms with E-state index in [2.05, 4.69) is 0 Å². The number of amides is 4. The Hall–Kier alpha value is -1.88. The Morgan fingerprint density at radius 2 is 1.92 bits per heavy atom. The van der Waals surface area contributed by atoms with E-state index in [0.717, 1.165) is 24.8 Å². The molecular weight excluding hydrogens is 340 g/mol. The second-order valence-corrected chi connectivity index (χ2v) is 7.83. The molecular formula is C19H21ClN2O3. The van der Waals surface area contributed by atoms with Crippen molar-refractivity contribution in [2.45, 2.75) is 44.6 Å². The van der Waals surface area contributed by atoms with Crippen LogP contribution < -0.4 is 0 Å². The van der Waals surface area contributed by atoms with E-state index in [1.165, 1.54) is 16.2 Å². The van der Waals surface area contributed by atoms with E-state index in [-0.39, 0.29) is 24.9 Å². The molecule has 6 heteroatoms. The SMILES string of the molecule is O=C1CC(=O)N(C2CC3CCC2C3)C(=O)N1CCc1cccc(Cl)c1. The van der Waals surface area contributed by atoms with E-state index in [1.54, 1.807) is 6.07 Å². The number of benzene rings is 1. The molecule has 4 amide bonds. The van der Waals surface area contributed by atoms with Gasteiger partial charge in [-0.25, -0.2) is 4.79 Å². The molecule has 1 saturated heterocycles. The number of hydrogen-bond acceptors (Lipinski definition) is 3. The summed E-state index contributed by atoms with van der Waals surface area (Å²) in [5.74, 6) is 0.331. The topological polar surface area (TPSA) is 57.7 Å². The number of imide groups is 2. The highest BCUT2D eigenvalue weighted by Gasteiger charge is 2.49. The van der Waals surface area contributed by atoms with Crippen molar-refractivity contribution in [2.75, 3.05) is 6.54 Å². The molecule has 132 valence electrons. The number of fused-ring (bicyclic) bond motifs is 2. The van der Waals surface area contributed by atoms with Gasteiger partial charge in [0.05, 0.1) is 0 Å². The molecule has 25 heavy (non-hydrogen) atoms. The molecule has 0 radical (unpaired) electrons. The summed E-state index contributed by atoms with van der Waals surface area (Å²) in [4.78, 5) is 40.2. The summed E-state index contributed by atoms with van der Waals surface area (Å²) >= 11 is 5.99. The second kappa shape index (κ2) is 6.45. The lowest BCUT2D eigenvalue weighted by atomic mass is 9.93. The van der Waals surface area contributed by atoms with Crippen molar-refractivity contribution in [3.05, 3.63) is 34.9 Å². The Morgan fingerprint density at radius 1 is 1.08 bits per heavy atom. The first kappa shape index (κ1) is 16.6. The van der Waals surface area contributed by atoms with Crippen LogP contribution in [0.1, 0.15) is 37.7 Å². The van der Waals surface area contributed by atoms with Gasteiger partial charge in [0.15, 0.2) is 0 Å². The fraction of sp³-hybridized carbons (Fsp3) is 0.526. The normalized spacial score (nSPS) is 29.0. The predicted octanol–water partition coefficient (Wildman–Crippen LogP) is 3.25. The van der Waals surface area contributed by atoms with E-state index in [0.29, 0.717) is 23.3 Å². The molecule has 2 aliphatic carbocycles. The van der Waals surface area contributed by atoms with Gasteiger partial charge in [-0.3, -0.25) is 19.4 Å². The molecule has 2 bridgehead atoms. The quantitative estimate of drug-likeness (QED) is 0.774. The van der Waals surface area contributed by atoms with Crippen molar-refractivity contribution < 1.29 is 14.4 Å². The molecule has 4 rings (SSSR count). The van der Waals surface area contributed by atoms with Crippen LogP contribution in [0.5, 0.6) is 0 Å². The number of rotatable bonds is 4. The van der Waals surface area contributed by atoms with E-state index < -0.39 is 11.9 Å². The zero-order valence-electron chi connectivity index (χ0n) is 14.0. The summed E-state index contributed by atoms with van der Waals surface area (Å²) in [7, 11) is 0. The van der Waals surface area contributed by atoms with E-state index in [4.69, 9.17) is 11.6 Å². The maximum Gasteiger partial charge on any atom is 0.333 e. The summed E-state index contributed by atoms with van der Waals surface area (Å²) in [5, 5.41) is 0.632. The van der Waals surface area contributed by atoms with Gasteiger partial charge in [-0.2, -0.15) is 0 Å². The lowest BCUT2D eigenvalue weighted by molar-refractivity contribution is -0.144. The number of nitrogens with zero attached hydrogens (tertiary/aromatic N) is 2. The van der Waals surface area contributed by atoms with Crippen molar-refractivity contribution in [1.29, 1.82) is 0 Å². The molecule has 1 aliphatic heterocycles. The van der Waals surface area contributed by atoms with Gasteiger partial charge in [-0.05, 0) is 55.2 Å². The maximum absolute atomic E-state index is 12.9. The van der Waals surface area contributed by atoms with Crippen molar-refractivity contribution in [2.24, 2.45) is 11.8 Å². The molecule has 0 aromatic heterocycles. The minimum Gasteiger partial charge on any atom is -0.274 e. The summed E-state index contributed by atoms with van der Waals surface area (Å²) < 4.78 is 0. The van der Waals surface area contributed by atoms with Crippen molar-refractivity contribution in [3.63, 3.8) is 0 Å². The van der Waals surface area contributed by atoms with Crippen LogP contribution in [0.15, 0.2) is 24.3 Å². The number of carbonyl (C=O) groups is 3. The number of hydrogen-bond donors (Lipinski definition) is 0. The molecule has 1 heterocycles. The van der Waals surface area contributed by atoms with Crippen LogP contribution in [0.2, 0.25) is 5.02 Å². The summed E-state index contributed by atoms with van der Waals surface area (Å²) in [6, 6.07) is 6.95. The standard InChI is InChI=1S/C19H21ClN2O3/c20-15-3-1-2-12(9-15)6-7-21-17(23)11-18(24)22(19(21)25)16-10-13-4-5-14(16)8-13/h1-3,9,13-14,16H,4-8,10-11H2. The highest BCUT2D eigenvalue weighted by atomic mass is 35.5. The molecule has 5 nitrogen and oxygen atoms in total. The fourth-order valence-corrected chi connectivity index (χ4v) is 4.87. The molecule has 2 saturated carbocycles. The average molecular weight is 361 g/mol. The first-order chi connectivity index (χ1) is 12.0. The molecule has 1 aromatic carbocycles. The van der Waals surface area contributed by atoms with Crippen LogP contribution in [0.4, 0.5) is 4.79 Å². The van der Waals surface area contributed by atoms with Gasteiger partial charge in [0.2, 0.25) is 11.8 Å². The van der Waals surface area contributed by atoms with Crippen LogP contribution in [0.3, 0.4) is 0 Å². The molecule has 0 N–H and O–H groups in total. The summed E-state index contributed by atoms with van der Waals surface area (Å²) in [5.41, 5.74) is 0.969. The van der Waals surface area contributed by atoms with Gasteiger partial charge in [0.25, 0.3) is 0 Å². The van der Waals surface area contributed by atoms with Crippen molar-refractivity contribution in [3.8, 4) is 0 Å². The van der Waals surface area contributed by atoms with Gasteiger partial charge in [-0.15, -0.1) is 0 Å². The number of urea groups is 1. The first-order valence-electron chi connectivity index (χ1n) is 8.94. The largest absolute Gasteiger partial charge is 0.333 e. The van der Waals surface area contributed by atoms with E-state index in [9.17, 15) is 14.4 Å². The second-order valence-electron chi connectivity index (χ2n) is 7.39. The zero-order chi connectivity index (χ0) is 17.6. The Morgan fingerprint density at radius 3 is 2.60 bits per heavy atom. The van der Waals surface area contributed by atoms with Gasteiger partial charge in [0, 0.05) is 17.6 Å². The van der Waals surface area contributed by atoms with Crippen LogP contribution in [-0.4, -0.2) is 40.2 Å². The van der Waals surface area contributed by atoms with Gasteiger partial charge < -0.3 is 0 Å². The molecule has 3 aliphatic rings. The van der Waals surface area contributed by atoms with Crippen LogP contribution in [0.25, 0.3) is 0 Å². The zero-order valence-corrected chi connectivity index (χ0v) is 14.7. The van der Waals surface area contributed by atoms with Gasteiger partial charge in [0.1, 0.15) is 6.42 Å². The lowest BCUT2D eigenvalue weighted by Crippen LogP contribution is -2.59. The predicted molar refractivity (Wildman–Crippen MR) is 93.0 cm³/mol. The van der Waals surface area contributed by atoms with Gasteiger partial charge in [-0.1, -0.05) is 30.2 Å². The van der Waals surface area contributed by atoms with Crippen LogP contribution >= 0.6 is 11.6 Å². The first-order valence-corrected chi connectivity index (χ1v) is 9.31. The smallest absolute Gasteiger partial charge is 0.274 e. The van der Waals surface area contributed by atoms with E-state index in [1.807, 2.05) is 18.2 Å². The van der Waals surface area contributed by atoms with Crippen LogP contribution in [-0.2, 0) is 16.0 Å². The molecule has 0 spiro atoms. The monoisotopic (exact) mass is 360 g/mol. The van der Waals surface area contributed by atoms with E-state index >= 15 is 0 Å². The number of barbiturate groups is 1. The number of halogens is 1. The van der Waals surface area contributed by atoms with Gasteiger partial charge >= 0.3 is 6.03 Å². The molecule has 1 aromatic rings. The van der Waals surface area contributed by atoms with Crippen LogP contribution in [0, 0.1) is 11.8 Å². The molecule has 3 atom stereocenters. The van der Waals surface area contributed by atoms with Crippen molar-refractivity contribution >= 4 is 29.4 Å². The minimum absolute atomic E-state index is 0.0134. The Labute approximate surface area is 151 Å². The third-order valence-corrected chi connectivity index (χ3v) is 6.09. The highest BCUT2D eigenvalue weighted by molar-refractivity contribution is 6.30. The maximum atomic E-state index is 12.9.